The molecular weight excluding hydrogens is 258 g/mol. The van der Waals surface area contributed by atoms with Gasteiger partial charge in [-0.25, -0.2) is 18.1 Å². The third-order valence-corrected chi connectivity index (χ3v) is 4.23. The van der Waals surface area contributed by atoms with Crippen molar-refractivity contribution < 1.29 is 8.42 Å². The zero-order valence-electron chi connectivity index (χ0n) is 9.93. The maximum absolute atomic E-state index is 12.0. The monoisotopic (exact) mass is 275 g/mol. The van der Waals surface area contributed by atoms with Crippen molar-refractivity contribution in [3.63, 3.8) is 0 Å². The van der Waals surface area contributed by atoms with Gasteiger partial charge in [-0.05, 0) is 30.6 Å². The molecule has 17 heavy (non-hydrogen) atoms. The third-order valence-electron chi connectivity index (χ3n) is 2.11. The van der Waals surface area contributed by atoms with Gasteiger partial charge in [-0.1, -0.05) is 0 Å². The zero-order valence-corrected chi connectivity index (χ0v) is 11.6. The number of anilines is 1. The fourth-order valence-electron chi connectivity index (χ4n) is 1.29. The van der Waals surface area contributed by atoms with Crippen LogP contribution in [0.4, 0.5) is 5.69 Å². The molecule has 2 N–H and O–H groups in total. The molecule has 0 saturated heterocycles. The molecule has 1 aromatic heterocycles. The predicted octanol–water partition coefficient (Wildman–Crippen LogP) is 1.15. The van der Waals surface area contributed by atoms with Crippen LogP contribution in [0.15, 0.2) is 23.4 Å². The molecule has 5 nitrogen and oxygen atoms in total. The van der Waals surface area contributed by atoms with Crippen LogP contribution in [0.2, 0.25) is 0 Å². The highest BCUT2D eigenvalue weighted by molar-refractivity contribution is 7.98. The minimum absolute atomic E-state index is 0.0478. The van der Waals surface area contributed by atoms with Crippen molar-refractivity contribution in [1.82, 2.24) is 9.71 Å². The Hall–Kier alpha value is -0.790. The van der Waals surface area contributed by atoms with Crippen molar-refractivity contribution in [3.05, 3.63) is 18.3 Å². The first-order chi connectivity index (χ1) is 8.11. The first-order valence-electron chi connectivity index (χ1n) is 5.23. The van der Waals surface area contributed by atoms with Crippen LogP contribution in [-0.4, -0.2) is 39.0 Å². The van der Waals surface area contributed by atoms with Crippen LogP contribution in [0.1, 0.15) is 6.42 Å². The SMILES string of the molecule is CNc1cccnc1S(=O)(=O)NCCCSC. The summed E-state index contributed by atoms with van der Waals surface area (Å²) >= 11 is 1.69. The van der Waals surface area contributed by atoms with Gasteiger partial charge in [0.05, 0.1) is 5.69 Å². The number of hydrogen-bond acceptors (Lipinski definition) is 5. The van der Waals surface area contributed by atoms with E-state index in [0.717, 1.165) is 12.2 Å². The van der Waals surface area contributed by atoms with Gasteiger partial charge >= 0.3 is 0 Å². The summed E-state index contributed by atoms with van der Waals surface area (Å²) in [5.41, 5.74) is 0.505. The van der Waals surface area contributed by atoms with E-state index in [1.807, 2.05) is 6.26 Å². The molecule has 0 aromatic carbocycles. The highest BCUT2D eigenvalue weighted by Gasteiger charge is 2.18. The molecule has 96 valence electrons. The van der Waals surface area contributed by atoms with Crippen molar-refractivity contribution in [3.8, 4) is 0 Å². The van der Waals surface area contributed by atoms with Crippen LogP contribution < -0.4 is 10.0 Å². The number of rotatable bonds is 7. The van der Waals surface area contributed by atoms with Gasteiger partial charge in [-0.2, -0.15) is 11.8 Å². The van der Waals surface area contributed by atoms with Gasteiger partial charge in [-0.15, -0.1) is 0 Å². The Morgan fingerprint density at radius 3 is 2.88 bits per heavy atom. The van der Waals surface area contributed by atoms with E-state index in [1.54, 1.807) is 30.9 Å². The number of thioether (sulfide) groups is 1. The van der Waals surface area contributed by atoms with Crippen LogP contribution in [0.3, 0.4) is 0 Å². The minimum atomic E-state index is -3.52. The molecule has 0 spiro atoms. The zero-order chi connectivity index (χ0) is 12.7. The number of nitrogens with zero attached hydrogens (tertiary/aromatic N) is 1. The molecule has 7 heteroatoms. The molecule has 0 saturated carbocycles. The molecule has 1 rings (SSSR count). The summed E-state index contributed by atoms with van der Waals surface area (Å²) in [7, 11) is -1.85. The van der Waals surface area contributed by atoms with E-state index in [9.17, 15) is 8.42 Å². The van der Waals surface area contributed by atoms with E-state index in [4.69, 9.17) is 0 Å². The average molecular weight is 275 g/mol. The summed E-state index contributed by atoms with van der Waals surface area (Å²) in [4.78, 5) is 3.90. The second kappa shape index (κ2) is 6.83. The Bertz CT molecular complexity index is 449. The lowest BCUT2D eigenvalue weighted by Gasteiger charge is -2.09. The molecule has 1 heterocycles. The van der Waals surface area contributed by atoms with Crippen molar-refractivity contribution in [2.45, 2.75) is 11.4 Å². The second-order valence-electron chi connectivity index (χ2n) is 3.35. The van der Waals surface area contributed by atoms with Gasteiger partial charge in [0.1, 0.15) is 0 Å². The van der Waals surface area contributed by atoms with Crippen molar-refractivity contribution in [1.29, 1.82) is 0 Å². The van der Waals surface area contributed by atoms with E-state index < -0.39 is 10.0 Å². The third kappa shape index (κ3) is 4.18. The van der Waals surface area contributed by atoms with E-state index in [0.29, 0.717) is 12.2 Å². The largest absolute Gasteiger partial charge is 0.386 e. The fourth-order valence-corrected chi connectivity index (χ4v) is 2.93. The fraction of sp³-hybridized carbons (Fsp3) is 0.500. The predicted molar refractivity (Wildman–Crippen MR) is 72.0 cm³/mol. The lowest BCUT2D eigenvalue weighted by Crippen LogP contribution is -2.26. The van der Waals surface area contributed by atoms with E-state index in [-0.39, 0.29) is 5.03 Å². The second-order valence-corrected chi connectivity index (χ2v) is 6.02. The summed E-state index contributed by atoms with van der Waals surface area (Å²) in [5.74, 6) is 0.934. The van der Waals surface area contributed by atoms with Gasteiger partial charge in [0.2, 0.25) is 0 Å². The van der Waals surface area contributed by atoms with Gasteiger partial charge < -0.3 is 5.32 Å². The van der Waals surface area contributed by atoms with Crippen molar-refractivity contribution in [2.24, 2.45) is 0 Å². The first kappa shape index (κ1) is 14.3. The Morgan fingerprint density at radius 1 is 1.47 bits per heavy atom. The lowest BCUT2D eigenvalue weighted by atomic mass is 10.4. The quantitative estimate of drug-likeness (QED) is 0.731. The molecule has 0 fully saturated rings. The molecular formula is C10H17N3O2S2. The minimum Gasteiger partial charge on any atom is -0.386 e. The first-order valence-corrected chi connectivity index (χ1v) is 8.11. The standard InChI is InChI=1S/C10H17N3O2S2/c1-11-9-5-3-6-12-10(9)17(14,15)13-7-4-8-16-2/h3,5-6,11,13H,4,7-8H2,1-2H3. The number of nitrogens with one attached hydrogen (secondary N) is 2. The summed E-state index contributed by atoms with van der Waals surface area (Å²) in [6.45, 7) is 0.433. The van der Waals surface area contributed by atoms with Crippen LogP contribution in [0.5, 0.6) is 0 Å². The molecule has 0 aliphatic heterocycles. The van der Waals surface area contributed by atoms with Gasteiger partial charge in [0, 0.05) is 19.8 Å². The van der Waals surface area contributed by atoms with Crippen molar-refractivity contribution >= 4 is 27.5 Å². The molecule has 0 atom stereocenters. The molecule has 0 amide bonds. The van der Waals surface area contributed by atoms with Gasteiger partial charge in [-0.3, -0.25) is 0 Å². The Morgan fingerprint density at radius 2 is 2.24 bits per heavy atom. The Kier molecular flexibility index (Phi) is 5.73. The number of sulfonamides is 1. The summed E-state index contributed by atoms with van der Waals surface area (Å²) < 4.78 is 26.5. The number of aromatic nitrogens is 1. The number of hydrogen-bond donors (Lipinski definition) is 2. The number of pyridine rings is 1. The lowest BCUT2D eigenvalue weighted by molar-refractivity contribution is 0.577. The van der Waals surface area contributed by atoms with E-state index in [2.05, 4.69) is 15.0 Å². The highest BCUT2D eigenvalue weighted by atomic mass is 32.2. The topological polar surface area (TPSA) is 71.1 Å². The van der Waals surface area contributed by atoms with Crippen LogP contribution in [-0.2, 0) is 10.0 Å². The van der Waals surface area contributed by atoms with Gasteiger partial charge in [0.25, 0.3) is 10.0 Å². The molecule has 0 bridgehead atoms. The molecule has 0 aliphatic rings. The summed E-state index contributed by atoms with van der Waals surface area (Å²) in [5, 5.41) is 2.87. The average Bonchev–Trinajstić information content (AvgIpc) is 2.34. The Labute approximate surface area is 106 Å². The van der Waals surface area contributed by atoms with E-state index in [1.165, 1.54) is 6.20 Å². The maximum atomic E-state index is 12.0. The van der Waals surface area contributed by atoms with Crippen LogP contribution >= 0.6 is 11.8 Å². The molecule has 0 radical (unpaired) electrons. The molecule has 0 unspecified atom stereocenters. The smallest absolute Gasteiger partial charge is 0.260 e. The molecule has 0 aliphatic carbocycles. The van der Waals surface area contributed by atoms with Crippen LogP contribution in [0.25, 0.3) is 0 Å². The van der Waals surface area contributed by atoms with Crippen molar-refractivity contribution in [2.75, 3.05) is 30.9 Å². The Balaban J connectivity index is 2.75. The summed E-state index contributed by atoms with van der Waals surface area (Å²) in [6.07, 6.45) is 4.27. The van der Waals surface area contributed by atoms with E-state index >= 15 is 0 Å². The van der Waals surface area contributed by atoms with Crippen LogP contribution in [0, 0.1) is 0 Å². The molecule has 1 aromatic rings. The highest BCUT2D eigenvalue weighted by Crippen LogP contribution is 2.16. The normalized spacial score (nSPS) is 11.4. The summed E-state index contributed by atoms with van der Waals surface area (Å²) in [6, 6.07) is 3.38. The van der Waals surface area contributed by atoms with Gasteiger partial charge in [0.15, 0.2) is 5.03 Å². The maximum Gasteiger partial charge on any atom is 0.260 e.